The summed E-state index contributed by atoms with van der Waals surface area (Å²) in [5.41, 5.74) is 3.36. The first kappa shape index (κ1) is 16.0. The number of hydrogen-bond donors (Lipinski definition) is 1. The van der Waals surface area contributed by atoms with Crippen molar-refractivity contribution >= 4 is 22.4 Å². The molecular formula is C20H20N6O. The minimum atomic E-state index is -0.0894. The van der Waals surface area contributed by atoms with Crippen LogP contribution in [0.1, 0.15) is 36.1 Å². The number of nitrogens with zero attached hydrogens (tertiary/aromatic N) is 5. The van der Waals surface area contributed by atoms with Gasteiger partial charge in [0.1, 0.15) is 11.6 Å². The van der Waals surface area contributed by atoms with Crippen molar-refractivity contribution in [1.82, 2.24) is 24.6 Å². The van der Waals surface area contributed by atoms with Crippen LogP contribution in [0.25, 0.3) is 16.6 Å². The number of H-pyrrole nitrogens is 1. The zero-order chi connectivity index (χ0) is 18.5. The average molecular weight is 360 g/mol. The zero-order valence-corrected chi connectivity index (χ0v) is 15.3. The summed E-state index contributed by atoms with van der Waals surface area (Å²) >= 11 is 0. The van der Waals surface area contributed by atoms with Crippen LogP contribution in [0, 0.1) is 13.8 Å². The lowest BCUT2D eigenvalue weighted by molar-refractivity contribution is 0.652. The Labute approximate surface area is 155 Å². The smallest absolute Gasteiger partial charge is 0.258 e. The Morgan fingerprint density at radius 3 is 2.85 bits per heavy atom. The van der Waals surface area contributed by atoms with Gasteiger partial charge in [-0.25, -0.2) is 9.97 Å². The number of para-hydroxylation sites is 1. The lowest BCUT2D eigenvalue weighted by Crippen LogP contribution is -2.28. The quantitative estimate of drug-likeness (QED) is 0.595. The molecule has 0 bridgehead atoms. The molecule has 27 heavy (non-hydrogen) atoms. The van der Waals surface area contributed by atoms with E-state index < -0.39 is 0 Å². The van der Waals surface area contributed by atoms with Gasteiger partial charge in [-0.1, -0.05) is 12.1 Å². The molecule has 1 saturated heterocycles. The van der Waals surface area contributed by atoms with Crippen LogP contribution in [-0.2, 0) is 0 Å². The predicted molar refractivity (Wildman–Crippen MR) is 104 cm³/mol. The van der Waals surface area contributed by atoms with E-state index >= 15 is 0 Å². The second-order valence-corrected chi connectivity index (χ2v) is 7.13. The SMILES string of the molecule is Cc1cc(N2CCCC2c2nc3ccccc3c(=O)[nH]2)n2nc(C)cc2n1. The summed E-state index contributed by atoms with van der Waals surface area (Å²) in [4.78, 5) is 27.2. The van der Waals surface area contributed by atoms with Crippen LogP contribution >= 0.6 is 0 Å². The molecule has 1 N–H and O–H groups in total. The largest absolute Gasteiger partial charge is 0.346 e. The van der Waals surface area contributed by atoms with E-state index in [1.807, 2.05) is 42.6 Å². The molecule has 0 amide bonds. The van der Waals surface area contributed by atoms with Crippen LogP contribution in [0.5, 0.6) is 0 Å². The molecule has 1 aliphatic rings. The fraction of sp³-hybridized carbons (Fsp3) is 0.300. The maximum absolute atomic E-state index is 12.5. The fourth-order valence-corrected chi connectivity index (χ4v) is 3.99. The van der Waals surface area contributed by atoms with Crippen LogP contribution in [0.3, 0.4) is 0 Å². The Morgan fingerprint density at radius 2 is 1.96 bits per heavy atom. The van der Waals surface area contributed by atoms with E-state index in [2.05, 4.69) is 26.0 Å². The third kappa shape index (κ3) is 2.58. The first-order valence-electron chi connectivity index (χ1n) is 9.20. The molecule has 7 nitrogen and oxygen atoms in total. The number of fused-ring (bicyclic) bond motifs is 2. The molecule has 3 aromatic heterocycles. The minimum Gasteiger partial charge on any atom is -0.346 e. The minimum absolute atomic E-state index is 0.0109. The lowest BCUT2D eigenvalue weighted by Gasteiger charge is -2.26. The molecule has 1 aliphatic heterocycles. The molecule has 1 unspecified atom stereocenters. The molecular weight excluding hydrogens is 340 g/mol. The Balaban J connectivity index is 1.66. The van der Waals surface area contributed by atoms with Gasteiger partial charge in [0.05, 0.1) is 22.6 Å². The van der Waals surface area contributed by atoms with Crippen LogP contribution in [-0.4, -0.2) is 31.1 Å². The fourth-order valence-electron chi connectivity index (χ4n) is 3.99. The molecule has 5 rings (SSSR count). The van der Waals surface area contributed by atoms with Crippen LogP contribution in [0.4, 0.5) is 5.82 Å². The summed E-state index contributed by atoms with van der Waals surface area (Å²) in [5.74, 6) is 1.70. The number of aromatic nitrogens is 5. The molecule has 0 aliphatic carbocycles. The first-order chi connectivity index (χ1) is 13.1. The van der Waals surface area contributed by atoms with Crippen molar-refractivity contribution in [2.75, 3.05) is 11.4 Å². The second kappa shape index (κ2) is 5.90. The highest BCUT2D eigenvalue weighted by Crippen LogP contribution is 2.35. The monoisotopic (exact) mass is 360 g/mol. The normalized spacial score (nSPS) is 17.3. The molecule has 0 spiro atoms. The zero-order valence-electron chi connectivity index (χ0n) is 15.3. The average Bonchev–Trinajstić information content (AvgIpc) is 3.27. The third-order valence-electron chi connectivity index (χ3n) is 5.15. The summed E-state index contributed by atoms with van der Waals surface area (Å²) in [6, 6.07) is 11.5. The Morgan fingerprint density at radius 1 is 1.11 bits per heavy atom. The number of anilines is 1. The predicted octanol–water partition coefficient (Wildman–Crippen LogP) is 2.92. The molecule has 4 heterocycles. The maximum Gasteiger partial charge on any atom is 0.258 e. The summed E-state index contributed by atoms with van der Waals surface area (Å²) < 4.78 is 1.89. The molecule has 1 fully saturated rings. The van der Waals surface area contributed by atoms with Crippen molar-refractivity contribution < 1.29 is 0 Å². The van der Waals surface area contributed by atoms with Gasteiger partial charge >= 0.3 is 0 Å². The highest BCUT2D eigenvalue weighted by Gasteiger charge is 2.30. The van der Waals surface area contributed by atoms with Gasteiger partial charge in [0, 0.05) is 24.4 Å². The van der Waals surface area contributed by atoms with Crippen LogP contribution < -0.4 is 10.5 Å². The van der Waals surface area contributed by atoms with Crippen molar-refractivity contribution in [1.29, 1.82) is 0 Å². The van der Waals surface area contributed by atoms with E-state index in [9.17, 15) is 4.79 Å². The van der Waals surface area contributed by atoms with Gasteiger partial charge in [-0.3, -0.25) is 4.79 Å². The van der Waals surface area contributed by atoms with E-state index in [0.717, 1.165) is 47.8 Å². The lowest BCUT2D eigenvalue weighted by atomic mass is 10.2. The van der Waals surface area contributed by atoms with Gasteiger partial charge in [-0.05, 0) is 38.8 Å². The third-order valence-corrected chi connectivity index (χ3v) is 5.15. The van der Waals surface area contributed by atoms with E-state index in [1.54, 1.807) is 6.07 Å². The van der Waals surface area contributed by atoms with Gasteiger partial charge in [0.2, 0.25) is 0 Å². The molecule has 0 saturated carbocycles. The number of aryl methyl sites for hydroxylation is 2. The van der Waals surface area contributed by atoms with Gasteiger partial charge < -0.3 is 9.88 Å². The first-order valence-corrected chi connectivity index (χ1v) is 9.20. The van der Waals surface area contributed by atoms with E-state index in [4.69, 9.17) is 4.98 Å². The number of aromatic amines is 1. The van der Waals surface area contributed by atoms with Gasteiger partial charge in [0.25, 0.3) is 5.56 Å². The molecule has 0 radical (unpaired) electrons. The summed E-state index contributed by atoms with van der Waals surface area (Å²) in [5, 5.41) is 5.24. The van der Waals surface area contributed by atoms with Gasteiger partial charge in [0.15, 0.2) is 5.65 Å². The molecule has 7 heteroatoms. The van der Waals surface area contributed by atoms with Crippen LogP contribution in [0.2, 0.25) is 0 Å². The van der Waals surface area contributed by atoms with E-state index in [-0.39, 0.29) is 11.6 Å². The summed E-state index contributed by atoms with van der Waals surface area (Å²) in [7, 11) is 0. The standard InChI is InChI=1S/C20H20N6O/c1-12-11-18(26-17(21-12)10-13(2)24-26)25-9-5-8-16(25)19-22-15-7-4-3-6-14(15)20(27)23-19/h3-4,6-7,10-11,16H,5,8-9H2,1-2H3,(H,22,23,27). The number of benzene rings is 1. The summed E-state index contributed by atoms with van der Waals surface area (Å²) in [6.45, 7) is 4.85. The van der Waals surface area contributed by atoms with Gasteiger partial charge in [-0.15, -0.1) is 0 Å². The van der Waals surface area contributed by atoms with Crippen LogP contribution in [0.15, 0.2) is 41.2 Å². The van der Waals surface area contributed by atoms with Crippen molar-refractivity contribution in [3.05, 3.63) is 64.0 Å². The number of hydrogen-bond acceptors (Lipinski definition) is 5. The molecule has 4 aromatic rings. The van der Waals surface area contributed by atoms with Crippen molar-refractivity contribution in [2.24, 2.45) is 0 Å². The van der Waals surface area contributed by atoms with Crippen molar-refractivity contribution in [2.45, 2.75) is 32.7 Å². The number of rotatable bonds is 2. The highest BCUT2D eigenvalue weighted by molar-refractivity contribution is 5.77. The van der Waals surface area contributed by atoms with Crippen molar-refractivity contribution in [3.8, 4) is 0 Å². The van der Waals surface area contributed by atoms with E-state index in [1.165, 1.54) is 0 Å². The number of nitrogens with one attached hydrogen (secondary N) is 1. The maximum atomic E-state index is 12.5. The topological polar surface area (TPSA) is 79.2 Å². The molecule has 1 atom stereocenters. The summed E-state index contributed by atoms with van der Waals surface area (Å²) in [6.07, 6.45) is 1.97. The highest BCUT2D eigenvalue weighted by atomic mass is 16.1. The van der Waals surface area contributed by atoms with Gasteiger partial charge in [-0.2, -0.15) is 9.61 Å². The Bertz CT molecular complexity index is 1220. The molecule has 136 valence electrons. The Kier molecular flexibility index (Phi) is 3.50. The second-order valence-electron chi connectivity index (χ2n) is 7.13. The Hall–Kier alpha value is -3.22. The van der Waals surface area contributed by atoms with Crippen molar-refractivity contribution in [3.63, 3.8) is 0 Å². The molecule has 1 aromatic carbocycles. The van der Waals surface area contributed by atoms with E-state index in [0.29, 0.717) is 11.2 Å².